The molecule has 0 unspecified atom stereocenters. The molecule has 1 heterocycles. The molecule has 1 aromatic rings. The van der Waals surface area contributed by atoms with Crippen molar-refractivity contribution in [3.05, 3.63) is 29.3 Å². The number of ketones is 1. The summed E-state index contributed by atoms with van der Waals surface area (Å²) in [6.07, 6.45) is 3.69. The molecule has 0 amide bonds. The Morgan fingerprint density at radius 2 is 2.10 bits per heavy atom. The fourth-order valence-corrected chi connectivity index (χ4v) is 2.48. The lowest BCUT2D eigenvalue weighted by Crippen LogP contribution is -2.07. The van der Waals surface area contributed by atoms with Crippen LogP contribution in [0.5, 0.6) is 5.75 Å². The highest BCUT2D eigenvalue weighted by Crippen LogP contribution is 2.26. The largest absolute Gasteiger partial charge is 0.493 e. The molecule has 0 radical (unpaired) electrons. The third kappa shape index (κ3) is 4.88. The Morgan fingerprint density at radius 3 is 2.90 bits per heavy atom. The van der Waals surface area contributed by atoms with Crippen LogP contribution in [0.25, 0.3) is 0 Å². The Hall–Kier alpha value is -1.84. The van der Waals surface area contributed by atoms with Gasteiger partial charge in [0.25, 0.3) is 0 Å². The first-order chi connectivity index (χ1) is 10.2. The van der Waals surface area contributed by atoms with Crippen molar-refractivity contribution in [2.75, 3.05) is 13.2 Å². The van der Waals surface area contributed by atoms with E-state index in [-0.39, 0.29) is 24.6 Å². The van der Waals surface area contributed by atoms with Gasteiger partial charge in [0.15, 0.2) is 0 Å². The van der Waals surface area contributed by atoms with E-state index in [2.05, 4.69) is 12.1 Å². The minimum Gasteiger partial charge on any atom is -0.493 e. The Kier molecular flexibility index (Phi) is 5.78. The fourth-order valence-electron chi connectivity index (χ4n) is 2.48. The van der Waals surface area contributed by atoms with E-state index in [1.165, 1.54) is 11.1 Å². The van der Waals surface area contributed by atoms with Gasteiger partial charge in [0.05, 0.1) is 19.6 Å². The maximum absolute atomic E-state index is 11.7. The zero-order valence-corrected chi connectivity index (χ0v) is 12.5. The number of ether oxygens (including phenoxy) is 2. The summed E-state index contributed by atoms with van der Waals surface area (Å²) in [4.78, 5) is 22.9. The van der Waals surface area contributed by atoms with Crippen molar-refractivity contribution >= 4 is 11.8 Å². The van der Waals surface area contributed by atoms with Crippen molar-refractivity contribution in [2.45, 2.75) is 45.4 Å². The number of Topliss-reactive ketones (excluding diaryl/α,β-unsaturated/α-hetero) is 1. The summed E-state index contributed by atoms with van der Waals surface area (Å²) in [6.45, 7) is 2.90. The lowest BCUT2D eigenvalue weighted by molar-refractivity contribution is -0.144. The molecule has 4 heteroatoms. The van der Waals surface area contributed by atoms with Crippen LogP contribution in [-0.4, -0.2) is 25.0 Å². The molecule has 4 nitrogen and oxygen atoms in total. The lowest BCUT2D eigenvalue weighted by atomic mass is 10.0. The minimum atomic E-state index is -0.288. The molecule has 0 atom stereocenters. The Balaban J connectivity index is 1.67. The SMILES string of the molecule is CCOC(=O)CCC(=O)CCCc1ccc2c(c1)CCO2. The van der Waals surface area contributed by atoms with Gasteiger partial charge < -0.3 is 9.47 Å². The number of hydrogen-bond acceptors (Lipinski definition) is 4. The summed E-state index contributed by atoms with van der Waals surface area (Å²) in [5.41, 5.74) is 2.51. The van der Waals surface area contributed by atoms with Gasteiger partial charge in [0, 0.05) is 19.3 Å². The molecule has 1 aliphatic rings. The topological polar surface area (TPSA) is 52.6 Å². The van der Waals surface area contributed by atoms with Crippen LogP contribution in [0.2, 0.25) is 0 Å². The number of carbonyl (C=O) groups is 2. The molecule has 0 saturated carbocycles. The monoisotopic (exact) mass is 290 g/mol. The lowest BCUT2D eigenvalue weighted by Gasteiger charge is -2.04. The van der Waals surface area contributed by atoms with E-state index < -0.39 is 0 Å². The van der Waals surface area contributed by atoms with Gasteiger partial charge in [0.1, 0.15) is 11.5 Å². The molecule has 114 valence electrons. The first kappa shape index (κ1) is 15.5. The van der Waals surface area contributed by atoms with Crippen molar-refractivity contribution in [2.24, 2.45) is 0 Å². The molecule has 2 rings (SSSR count). The molecule has 1 aliphatic heterocycles. The second kappa shape index (κ2) is 7.81. The summed E-state index contributed by atoms with van der Waals surface area (Å²) < 4.78 is 10.3. The van der Waals surface area contributed by atoms with E-state index in [1.807, 2.05) is 6.07 Å². The number of aryl methyl sites for hydroxylation is 1. The Labute approximate surface area is 125 Å². The average Bonchev–Trinajstić information content (AvgIpc) is 2.93. The summed E-state index contributed by atoms with van der Waals surface area (Å²) >= 11 is 0. The van der Waals surface area contributed by atoms with Crippen molar-refractivity contribution in [1.82, 2.24) is 0 Å². The van der Waals surface area contributed by atoms with Gasteiger partial charge in [-0.05, 0) is 37.0 Å². The standard InChI is InChI=1S/C17H22O4/c1-2-20-17(19)9-7-15(18)5-3-4-13-6-8-16-14(12-13)10-11-21-16/h6,8,12H,2-5,7,9-11H2,1H3. The van der Waals surface area contributed by atoms with E-state index in [1.54, 1.807) is 6.92 Å². The van der Waals surface area contributed by atoms with Gasteiger partial charge in [-0.25, -0.2) is 0 Å². The normalized spacial score (nSPS) is 12.6. The average molecular weight is 290 g/mol. The van der Waals surface area contributed by atoms with Crippen molar-refractivity contribution in [3.63, 3.8) is 0 Å². The molecule has 0 fully saturated rings. The molecular formula is C17H22O4. The third-order valence-corrected chi connectivity index (χ3v) is 3.59. The molecule has 0 aliphatic carbocycles. The zero-order valence-electron chi connectivity index (χ0n) is 12.5. The molecule has 0 aromatic heterocycles. The summed E-state index contributed by atoms with van der Waals surface area (Å²) in [6, 6.07) is 6.25. The van der Waals surface area contributed by atoms with Crippen LogP contribution in [0.15, 0.2) is 18.2 Å². The quantitative estimate of drug-likeness (QED) is 0.691. The Morgan fingerprint density at radius 1 is 1.24 bits per heavy atom. The number of benzene rings is 1. The van der Waals surface area contributed by atoms with E-state index in [0.29, 0.717) is 13.0 Å². The van der Waals surface area contributed by atoms with Crippen molar-refractivity contribution < 1.29 is 19.1 Å². The van der Waals surface area contributed by atoms with Crippen LogP contribution in [0.3, 0.4) is 0 Å². The van der Waals surface area contributed by atoms with Crippen molar-refractivity contribution in [1.29, 1.82) is 0 Å². The second-order valence-electron chi connectivity index (χ2n) is 5.24. The minimum absolute atomic E-state index is 0.132. The highest BCUT2D eigenvalue weighted by atomic mass is 16.5. The van der Waals surface area contributed by atoms with E-state index in [0.717, 1.165) is 31.6 Å². The van der Waals surface area contributed by atoms with Gasteiger partial charge in [0.2, 0.25) is 0 Å². The highest BCUT2D eigenvalue weighted by Gasteiger charge is 2.12. The van der Waals surface area contributed by atoms with Crippen LogP contribution >= 0.6 is 0 Å². The molecule has 21 heavy (non-hydrogen) atoms. The fraction of sp³-hybridized carbons (Fsp3) is 0.529. The van der Waals surface area contributed by atoms with Crippen LogP contribution in [-0.2, 0) is 27.2 Å². The second-order valence-corrected chi connectivity index (χ2v) is 5.24. The summed E-state index contributed by atoms with van der Waals surface area (Å²) in [5.74, 6) is 0.835. The van der Waals surface area contributed by atoms with Crippen LogP contribution < -0.4 is 4.74 Å². The predicted octanol–water partition coefficient (Wildman–Crippen LogP) is 2.86. The zero-order chi connectivity index (χ0) is 15.1. The number of rotatable bonds is 8. The maximum Gasteiger partial charge on any atom is 0.306 e. The number of esters is 1. The molecule has 0 saturated heterocycles. The molecule has 0 bridgehead atoms. The van der Waals surface area contributed by atoms with E-state index in [9.17, 15) is 9.59 Å². The van der Waals surface area contributed by atoms with E-state index in [4.69, 9.17) is 9.47 Å². The smallest absolute Gasteiger partial charge is 0.306 e. The van der Waals surface area contributed by atoms with Crippen LogP contribution in [0.1, 0.15) is 43.7 Å². The number of hydrogen-bond donors (Lipinski definition) is 0. The molecule has 0 N–H and O–H groups in total. The first-order valence-corrected chi connectivity index (χ1v) is 7.61. The summed E-state index contributed by atoms with van der Waals surface area (Å²) in [5, 5.41) is 0. The van der Waals surface area contributed by atoms with E-state index >= 15 is 0 Å². The van der Waals surface area contributed by atoms with Gasteiger partial charge in [-0.15, -0.1) is 0 Å². The molecule has 1 aromatic carbocycles. The highest BCUT2D eigenvalue weighted by molar-refractivity contribution is 5.82. The Bertz CT molecular complexity index is 508. The van der Waals surface area contributed by atoms with Crippen LogP contribution in [0, 0.1) is 0 Å². The van der Waals surface area contributed by atoms with Crippen molar-refractivity contribution in [3.8, 4) is 5.75 Å². The first-order valence-electron chi connectivity index (χ1n) is 7.61. The molecular weight excluding hydrogens is 268 g/mol. The third-order valence-electron chi connectivity index (χ3n) is 3.59. The van der Waals surface area contributed by atoms with Gasteiger partial charge >= 0.3 is 5.97 Å². The van der Waals surface area contributed by atoms with Gasteiger partial charge in [-0.1, -0.05) is 12.1 Å². The van der Waals surface area contributed by atoms with Crippen LogP contribution in [0.4, 0.5) is 0 Å². The predicted molar refractivity (Wildman–Crippen MR) is 79.5 cm³/mol. The van der Waals surface area contributed by atoms with Gasteiger partial charge in [-0.2, -0.15) is 0 Å². The number of fused-ring (bicyclic) bond motifs is 1. The molecule has 0 spiro atoms. The number of carbonyl (C=O) groups excluding carboxylic acids is 2. The van der Waals surface area contributed by atoms with Gasteiger partial charge in [-0.3, -0.25) is 9.59 Å². The summed E-state index contributed by atoms with van der Waals surface area (Å²) in [7, 11) is 0. The maximum atomic E-state index is 11.7.